The minimum absolute atomic E-state index is 0.0261. The largest absolute Gasteiger partial charge is 0.489 e. The molecule has 0 aliphatic carbocycles. The quantitative estimate of drug-likeness (QED) is 0.183. The molecule has 1 aromatic heterocycles. The second kappa shape index (κ2) is 12.1. The summed E-state index contributed by atoms with van der Waals surface area (Å²) in [7, 11) is -2.37. The molecule has 1 atom stereocenters. The second-order valence-electron chi connectivity index (χ2n) is 10.4. The molecule has 0 radical (unpaired) electrons. The Morgan fingerprint density at radius 3 is 2.48 bits per heavy atom. The fourth-order valence-corrected chi connectivity index (χ4v) is 7.89. The summed E-state index contributed by atoms with van der Waals surface area (Å²) in [6.07, 6.45) is 1.62. The zero-order chi connectivity index (χ0) is 28.3. The third-order valence-electron chi connectivity index (χ3n) is 7.62. The van der Waals surface area contributed by atoms with Crippen molar-refractivity contribution >= 4 is 38.0 Å². The third-order valence-corrected chi connectivity index (χ3v) is 10.4. The van der Waals surface area contributed by atoms with Gasteiger partial charge in [-0.2, -0.15) is 10.6 Å². The van der Waals surface area contributed by atoms with E-state index in [0.717, 1.165) is 29.7 Å². The van der Waals surface area contributed by atoms with Crippen molar-refractivity contribution in [3.05, 3.63) is 88.3 Å². The molecule has 5 rings (SSSR count). The Morgan fingerprint density at radius 1 is 1.05 bits per heavy atom. The summed E-state index contributed by atoms with van der Waals surface area (Å²) in [5, 5.41) is 12.6. The highest BCUT2D eigenvalue weighted by molar-refractivity contribution is 8.24. The summed E-state index contributed by atoms with van der Waals surface area (Å²) in [5.74, 6) is 6.71. The Bertz CT molecular complexity index is 1570. The molecule has 1 saturated heterocycles. The minimum Gasteiger partial charge on any atom is -0.489 e. The Morgan fingerprint density at radius 2 is 1.80 bits per heavy atom. The smallest absolute Gasteiger partial charge is 0.304 e. The molecule has 208 valence electrons. The molecule has 5 nitrogen and oxygen atoms in total. The van der Waals surface area contributed by atoms with Gasteiger partial charge in [0.05, 0.1) is 12.3 Å². The van der Waals surface area contributed by atoms with Crippen LogP contribution >= 0.6 is 21.9 Å². The van der Waals surface area contributed by atoms with E-state index < -0.39 is 16.6 Å². The minimum atomic E-state index is -2.37. The van der Waals surface area contributed by atoms with E-state index in [-0.39, 0.29) is 12.3 Å². The average Bonchev–Trinajstić information content (AvgIpc) is 3.35. The number of carboxylic acid groups (broad SMARTS) is 1. The van der Waals surface area contributed by atoms with E-state index in [2.05, 4.69) is 60.5 Å². The first-order valence-electron chi connectivity index (χ1n) is 13.4. The zero-order valence-corrected chi connectivity index (χ0v) is 24.4. The lowest BCUT2D eigenvalue weighted by Crippen LogP contribution is -2.19. The van der Waals surface area contributed by atoms with Crippen LogP contribution in [0, 0.1) is 18.8 Å². The van der Waals surface area contributed by atoms with E-state index in [9.17, 15) is 19.0 Å². The molecule has 4 aromatic rings. The van der Waals surface area contributed by atoms with Gasteiger partial charge in [0.15, 0.2) is 0 Å². The van der Waals surface area contributed by atoms with Gasteiger partial charge in [-0.15, -0.1) is 17.3 Å². The van der Waals surface area contributed by atoms with Gasteiger partial charge in [0, 0.05) is 27.2 Å². The van der Waals surface area contributed by atoms with Crippen molar-refractivity contribution in [2.45, 2.75) is 51.6 Å². The fraction of sp³-hybridized carbons (Fsp3) is 0.303. The van der Waals surface area contributed by atoms with Crippen molar-refractivity contribution in [1.29, 1.82) is 0 Å². The summed E-state index contributed by atoms with van der Waals surface area (Å²) in [5.41, 5.74) is 6.89. The highest BCUT2D eigenvalue weighted by atomic mass is 32.3. The van der Waals surface area contributed by atoms with Crippen LogP contribution < -0.4 is 4.74 Å². The number of carboxylic acids is 1. The van der Waals surface area contributed by atoms with Crippen LogP contribution in [0.4, 0.5) is 0 Å². The van der Waals surface area contributed by atoms with E-state index in [1.807, 2.05) is 24.3 Å². The van der Waals surface area contributed by atoms with Gasteiger partial charge in [-0.05, 0) is 90.1 Å². The lowest BCUT2D eigenvalue weighted by molar-refractivity contribution is -0.137. The maximum atomic E-state index is 11.2. The number of carbonyl (C=O) groups is 1. The SMILES string of the molecule is CC#CC(CC(=O)O)c1ccc(OCc2ccc3scc(-c4ccc(C5CCS(O)(O)CC5)cc4C)c3c2)cc1. The molecule has 0 spiro atoms. The number of fused-ring (bicyclic) bond motifs is 1. The summed E-state index contributed by atoms with van der Waals surface area (Å²) in [6, 6.07) is 20.7. The molecule has 0 bridgehead atoms. The molecule has 1 fully saturated rings. The van der Waals surface area contributed by atoms with Crippen LogP contribution in [0.1, 0.15) is 60.3 Å². The summed E-state index contributed by atoms with van der Waals surface area (Å²) < 4.78 is 27.2. The molecule has 1 aliphatic heterocycles. The number of aliphatic carboxylic acids is 1. The number of hydrogen-bond donors (Lipinski definition) is 3. The highest BCUT2D eigenvalue weighted by Crippen LogP contribution is 2.48. The summed E-state index contributed by atoms with van der Waals surface area (Å²) in [6.45, 7) is 4.30. The van der Waals surface area contributed by atoms with Crippen LogP contribution in [0.2, 0.25) is 0 Å². The van der Waals surface area contributed by atoms with Crippen LogP contribution in [0.5, 0.6) is 5.75 Å². The zero-order valence-electron chi connectivity index (χ0n) is 22.7. The van der Waals surface area contributed by atoms with E-state index in [0.29, 0.717) is 24.0 Å². The molecule has 1 aliphatic rings. The fourth-order valence-electron chi connectivity index (χ4n) is 5.42. The molecule has 40 heavy (non-hydrogen) atoms. The number of thiophene rings is 1. The lowest BCUT2D eigenvalue weighted by Gasteiger charge is -2.39. The third kappa shape index (κ3) is 6.54. The van der Waals surface area contributed by atoms with Crippen molar-refractivity contribution in [1.82, 2.24) is 0 Å². The molecule has 0 saturated carbocycles. The van der Waals surface area contributed by atoms with Crippen molar-refractivity contribution in [3.8, 4) is 28.7 Å². The molecular formula is C33H34O5S2. The molecule has 3 aromatic carbocycles. The Labute approximate surface area is 241 Å². The normalized spacial score (nSPS) is 16.6. The Balaban J connectivity index is 1.30. The standard InChI is InChI=1S/C33H34O5S2/c1-3-4-26(19-33(34)35)24-6-9-28(10-7-24)38-20-23-5-12-32-30(18-23)31(21-39-32)29-11-8-27(17-22(29)2)25-13-15-40(36,37)16-14-25/h5-12,17-18,21,25-26,36-37H,13-16,19-20H2,1-2H3,(H,34,35). The lowest BCUT2D eigenvalue weighted by atomic mass is 9.89. The summed E-state index contributed by atoms with van der Waals surface area (Å²) in [4.78, 5) is 11.2. The molecular weight excluding hydrogens is 540 g/mol. The van der Waals surface area contributed by atoms with Crippen molar-refractivity contribution in [3.63, 3.8) is 0 Å². The monoisotopic (exact) mass is 574 g/mol. The van der Waals surface area contributed by atoms with Crippen molar-refractivity contribution in [2.24, 2.45) is 0 Å². The van der Waals surface area contributed by atoms with Crippen LogP contribution in [0.3, 0.4) is 0 Å². The molecule has 1 unspecified atom stereocenters. The number of hydrogen-bond acceptors (Lipinski definition) is 5. The van der Waals surface area contributed by atoms with E-state index >= 15 is 0 Å². The van der Waals surface area contributed by atoms with Gasteiger partial charge < -0.3 is 9.84 Å². The van der Waals surface area contributed by atoms with Gasteiger partial charge >= 0.3 is 5.97 Å². The first-order valence-corrected chi connectivity index (χ1v) is 16.2. The molecule has 2 heterocycles. The van der Waals surface area contributed by atoms with E-state index in [1.165, 1.54) is 32.3 Å². The number of rotatable bonds is 8. The van der Waals surface area contributed by atoms with Gasteiger partial charge in [0.1, 0.15) is 12.4 Å². The van der Waals surface area contributed by atoms with Gasteiger partial charge in [0.25, 0.3) is 0 Å². The second-order valence-corrected chi connectivity index (χ2v) is 13.8. The van der Waals surface area contributed by atoms with Crippen LogP contribution in [-0.4, -0.2) is 31.7 Å². The van der Waals surface area contributed by atoms with E-state index in [4.69, 9.17) is 4.74 Å². The maximum Gasteiger partial charge on any atom is 0.304 e. The predicted molar refractivity (Wildman–Crippen MR) is 166 cm³/mol. The molecule has 3 N–H and O–H groups in total. The van der Waals surface area contributed by atoms with E-state index in [1.54, 1.807) is 18.3 Å². The average molecular weight is 575 g/mol. The topological polar surface area (TPSA) is 87.0 Å². The molecule has 0 amide bonds. The van der Waals surface area contributed by atoms with Crippen molar-refractivity contribution < 1.29 is 23.7 Å². The maximum absolute atomic E-state index is 11.2. The number of aryl methyl sites for hydroxylation is 1. The first kappa shape index (κ1) is 28.3. The number of benzene rings is 3. The predicted octanol–water partition coefficient (Wildman–Crippen LogP) is 8.67. The molecule has 7 heteroatoms. The van der Waals surface area contributed by atoms with Crippen LogP contribution in [0.25, 0.3) is 21.2 Å². The number of ether oxygens (including phenoxy) is 1. The van der Waals surface area contributed by atoms with Crippen LogP contribution in [0.15, 0.2) is 66.0 Å². The van der Waals surface area contributed by atoms with Gasteiger partial charge in [0.2, 0.25) is 0 Å². The Hall–Kier alpha value is -3.28. The van der Waals surface area contributed by atoms with Gasteiger partial charge in [-0.25, -0.2) is 0 Å². The highest BCUT2D eigenvalue weighted by Gasteiger charge is 2.25. The van der Waals surface area contributed by atoms with Crippen molar-refractivity contribution in [2.75, 3.05) is 11.5 Å². The van der Waals surface area contributed by atoms with Gasteiger partial charge in [-0.1, -0.05) is 42.3 Å². The van der Waals surface area contributed by atoms with Crippen LogP contribution in [-0.2, 0) is 11.4 Å². The first-order chi connectivity index (χ1) is 19.2. The Kier molecular flexibility index (Phi) is 8.53. The summed E-state index contributed by atoms with van der Waals surface area (Å²) >= 11 is 1.74. The van der Waals surface area contributed by atoms with Gasteiger partial charge in [-0.3, -0.25) is 13.9 Å².